The van der Waals surface area contributed by atoms with Gasteiger partial charge in [0.1, 0.15) is 11.8 Å². The average Bonchev–Trinajstić information content (AvgIpc) is 2.81. The molecule has 1 aromatic heterocycles. The predicted octanol–water partition coefficient (Wildman–Crippen LogP) is 2.40. The fourth-order valence-corrected chi connectivity index (χ4v) is 2.42. The molecule has 0 aliphatic rings. The van der Waals surface area contributed by atoms with E-state index in [1.54, 1.807) is 6.92 Å². The zero-order valence-electron chi connectivity index (χ0n) is 13.7. The Balaban J connectivity index is 2.14. The third-order valence-corrected chi connectivity index (χ3v) is 3.67. The lowest BCUT2D eigenvalue weighted by atomic mass is 10.2. The van der Waals surface area contributed by atoms with Gasteiger partial charge in [-0.05, 0) is 32.9 Å². The summed E-state index contributed by atoms with van der Waals surface area (Å²) >= 11 is 0. The summed E-state index contributed by atoms with van der Waals surface area (Å²) in [4.78, 5) is 0. The second-order valence-corrected chi connectivity index (χ2v) is 5.34. The SMILES string of the molecule is Cc1nn(CCO)c(C)c1CNc1ccccc1OC(C)C#N. The lowest BCUT2D eigenvalue weighted by molar-refractivity contribution is 0.268. The molecule has 6 nitrogen and oxygen atoms in total. The van der Waals surface area contributed by atoms with E-state index in [4.69, 9.17) is 15.1 Å². The Labute approximate surface area is 136 Å². The van der Waals surface area contributed by atoms with Crippen molar-refractivity contribution in [2.45, 2.75) is 40.0 Å². The molecule has 2 aromatic rings. The van der Waals surface area contributed by atoms with Crippen LogP contribution in [0.2, 0.25) is 0 Å². The first-order valence-corrected chi connectivity index (χ1v) is 7.59. The van der Waals surface area contributed by atoms with Gasteiger partial charge in [-0.3, -0.25) is 4.68 Å². The van der Waals surface area contributed by atoms with Crippen LogP contribution in [0, 0.1) is 25.2 Å². The fourth-order valence-electron chi connectivity index (χ4n) is 2.42. The number of anilines is 1. The van der Waals surface area contributed by atoms with Crippen LogP contribution < -0.4 is 10.1 Å². The maximum Gasteiger partial charge on any atom is 0.181 e. The molecule has 1 atom stereocenters. The number of hydrogen-bond donors (Lipinski definition) is 2. The van der Waals surface area contributed by atoms with E-state index >= 15 is 0 Å². The summed E-state index contributed by atoms with van der Waals surface area (Å²) in [6.07, 6.45) is -0.506. The van der Waals surface area contributed by atoms with Crippen LogP contribution in [0.15, 0.2) is 24.3 Å². The van der Waals surface area contributed by atoms with Gasteiger partial charge in [-0.1, -0.05) is 12.1 Å². The Morgan fingerprint density at radius 2 is 2.13 bits per heavy atom. The number of benzene rings is 1. The van der Waals surface area contributed by atoms with E-state index in [-0.39, 0.29) is 6.61 Å². The van der Waals surface area contributed by atoms with Crippen LogP contribution in [0.25, 0.3) is 0 Å². The van der Waals surface area contributed by atoms with Crippen molar-refractivity contribution in [1.29, 1.82) is 5.26 Å². The summed E-state index contributed by atoms with van der Waals surface area (Å²) < 4.78 is 7.42. The largest absolute Gasteiger partial charge is 0.474 e. The minimum absolute atomic E-state index is 0.0670. The second kappa shape index (κ2) is 7.65. The number of nitriles is 1. The first-order chi connectivity index (χ1) is 11.1. The van der Waals surface area contributed by atoms with Crippen LogP contribution in [0.4, 0.5) is 5.69 Å². The van der Waals surface area contributed by atoms with Gasteiger partial charge >= 0.3 is 0 Å². The normalized spacial score (nSPS) is 11.8. The molecule has 6 heteroatoms. The first-order valence-electron chi connectivity index (χ1n) is 7.59. The molecule has 23 heavy (non-hydrogen) atoms. The highest BCUT2D eigenvalue weighted by Gasteiger charge is 2.12. The van der Waals surface area contributed by atoms with Gasteiger partial charge in [-0.2, -0.15) is 10.4 Å². The van der Waals surface area contributed by atoms with Gasteiger partial charge in [-0.15, -0.1) is 0 Å². The van der Waals surface area contributed by atoms with Crippen molar-refractivity contribution >= 4 is 5.69 Å². The summed E-state index contributed by atoms with van der Waals surface area (Å²) in [6, 6.07) is 9.61. The van der Waals surface area contributed by atoms with Gasteiger partial charge in [0.25, 0.3) is 0 Å². The molecule has 0 bridgehead atoms. The molecule has 0 radical (unpaired) electrons. The third kappa shape index (κ3) is 4.02. The molecule has 122 valence electrons. The van der Waals surface area contributed by atoms with Gasteiger partial charge in [0.05, 0.1) is 24.5 Å². The van der Waals surface area contributed by atoms with Crippen molar-refractivity contribution in [3.63, 3.8) is 0 Å². The maximum absolute atomic E-state index is 9.08. The van der Waals surface area contributed by atoms with Crippen LogP contribution in [-0.4, -0.2) is 27.6 Å². The molecule has 1 heterocycles. The molecular formula is C17H22N4O2. The Kier molecular flexibility index (Phi) is 5.61. The molecule has 0 spiro atoms. The molecule has 0 aliphatic heterocycles. The topological polar surface area (TPSA) is 83.1 Å². The highest BCUT2D eigenvalue weighted by Crippen LogP contribution is 2.26. The minimum Gasteiger partial charge on any atom is -0.474 e. The Bertz CT molecular complexity index is 703. The second-order valence-electron chi connectivity index (χ2n) is 5.34. The van der Waals surface area contributed by atoms with Gasteiger partial charge in [0.2, 0.25) is 0 Å². The van der Waals surface area contributed by atoms with Crippen molar-refractivity contribution < 1.29 is 9.84 Å². The van der Waals surface area contributed by atoms with E-state index < -0.39 is 6.10 Å². The zero-order chi connectivity index (χ0) is 16.8. The molecular weight excluding hydrogens is 292 g/mol. The van der Waals surface area contributed by atoms with E-state index in [1.807, 2.05) is 42.8 Å². The van der Waals surface area contributed by atoms with Gasteiger partial charge in [-0.25, -0.2) is 0 Å². The summed E-state index contributed by atoms with van der Waals surface area (Å²) in [5, 5.41) is 25.8. The van der Waals surface area contributed by atoms with E-state index in [0.717, 1.165) is 22.6 Å². The molecule has 0 saturated heterocycles. The monoisotopic (exact) mass is 314 g/mol. The highest BCUT2D eigenvalue weighted by molar-refractivity contribution is 5.56. The van der Waals surface area contributed by atoms with E-state index in [1.165, 1.54) is 0 Å². The highest BCUT2D eigenvalue weighted by atomic mass is 16.5. The molecule has 2 N–H and O–H groups in total. The van der Waals surface area contributed by atoms with Crippen LogP contribution >= 0.6 is 0 Å². The van der Waals surface area contributed by atoms with Crippen molar-refractivity contribution in [3.8, 4) is 11.8 Å². The van der Waals surface area contributed by atoms with Crippen LogP contribution in [0.3, 0.4) is 0 Å². The molecule has 0 amide bonds. The first kappa shape index (κ1) is 16.8. The summed E-state index contributed by atoms with van der Waals surface area (Å²) in [5.41, 5.74) is 3.91. The van der Waals surface area contributed by atoms with Gasteiger partial charge in [0.15, 0.2) is 6.10 Å². The lowest BCUT2D eigenvalue weighted by Gasteiger charge is -2.14. The quantitative estimate of drug-likeness (QED) is 0.820. The standard InChI is InChI=1S/C17H22N4O2/c1-12(10-18)23-17-7-5-4-6-16(17)19-11-15-13(2)20-21(8-9-22)14(15)3/h4-7,12,19,22H,8-9,11H2,1-3H3. The summed E-state index contributed by atoms with van der Waals surface area (Å²) in [5.74, 6) is 0.652. The number of nitrogens with zero attached hydrogens (tertiary/aromatic N) is 3. The zero-order valence-corrected chi connectivity index (χ0v) is 13.7. The summed E-state index contributed by atoms with van der Waals surface area (Å²) in [6.45, 7) is 6.82. The number of aliphatic hydroxyl groups excluding tert-OH is 1. The molecule has 0 aliphatic carbocycles. The van der Waals surface area contributed by atoms with Crippen LogP contribution in [-0.2, 0) is 13.1 Å². The minimum atomic E-state index is -0.506. The van der Waals surface area contributed by atoms with Crippen molar-refractivity contribution in [1.82, 2.24) is 9.78 Å². The number of nitrogens with one attached hydrogen (secondary N) is 1. The maximum atomic E-state index is 9.08. The van der Waals surface area contributed by atoms with Crippen molar-refractivity contribution in [2.24, 2.45) is 0 Å². The number of aryl methyl sites for hydroxylation is 1. The molecule has 1 unspecified atom stereocenters. The Hall–Kier alpha value is -2.52. The number of rotatable bonds is 7. The lowest BCUT2D eigenvalue weighted by Crippen LogP contribution is -2.11. The van der Waals surface area contributed by atoms with E-state index in [2.05, 4.69) is 16.5 Å². The predicted molar refractivity (Wildman–Crippen MR) is 88.3 cm³/mol. The number of ether oxygens (including phenoxy) is 1. The van der Waals surface area contributed by atoms with Crippen LogP contribution in [0.5, 0.6) is 5.75 Å². The Morgan fingerprint density at radius 3 is 2.83 bits per heavy atom. The van der Waals surface area contributed by atoms with Gasteiger partial charge < -0.3 is 15.2 Å². The molecule has 1 aromatic carbocycles. The van der Waals surface area contributed by atoms with Crippen LogP contribution in [0.1, 0.15) is 23.9 Å². The summed E-state index contributed by atoms with van der Waals surface area (Å²) in [7, 11) is 0. The Morgan fingerprint density at radius 1 is 1.39 bits per heavy atom. The number of aromatic nitrogens is 2. The number of aliphatic hydroxyl groups is 1. The number of hydrogen-bond acceptors (Lipinski definition) is 5. The fraction of sp³-hybridized carbons (Fsp3) is 0.412. The molecule has 0 fully saturated rings. The molecule has 0 saturated carbocycles. The van der Waals surface area contributed by atoms with Crippen molar-refractivity contribution in [3.05, 3.63) is 41.2 Å². The number of para-hydroxylation sites is 2. The smallest absolute Gasteiger partial charge is 0.181 e. The van der Waals surface area contributed by atoms with E-state index in [9.17, 15) is 0 Å². The van der Waals surface area contributed by atoms with Crippen molar-refractivity contribution in [2.75, 3.05) is 11.9 Å². The molecule has 2 rings (SSSR count). The third-order valence-electron chi connectivity index (χ3n) is 3.67. The van der Waals surface area contributed by atoms with Gasteiger partial charge in [0, 0.05) is 17.8 Å². The van der Waals surface area contributed by atoms with E-state index in [0.29, 0.717) is 18.8 Å². The average molecular weight is 314 g/mol.